The fourth-order valence-electron chi connectivity index (χ4n) is 2.21. The molecule has 0 unspecified atom stereocenters. The van der Waals surface area contributed by atoms with Crippen molar-refractivity contribution in [1.29, 1.82) is 0 Å². The van der Waals surface area contributed by atoms with Gasteiger partial charge < -0.3 is 10.2 Å². The van der Waals surface area contributed by atoms with Crippen LogP contribution in [0.4, 0.5) is 19.0 Å². The van der Waals surface area contributed by atoms with E-state index in [9.17, 15) is 18.0 Å². The lowest BCUT2D eigenvalue weighted by Gasteiger charge is -2.20. The van der Waals surface area contributed by atoms with E-state index in [1.807, 2.05) is 0 Å². The molecule has 0 radical (unpaired) electrons. The molecule has 1 aromatic heterocycles. The Morgan fingerprint density at radius 3 is 2.70 bits per heavy atom. The zero-order valence-corrected chi connectivity index (χ0v) is 11.2. The molecule has 0 spiro atoms. The Morgan fingerprint density at radius 2 is 2.10 bits per heavy atom. The minimum Gasteiger partial charge on any atom is -0.357 e. The van der Waals surface area contributed by atoms with Crippen molar-refractivity contribution < 1.29 is 18.0 Å². The van der Waals surface area contributed by atoms with Crippen LogP contribution in [0, 0.1) is 0 Å². The van der Waals surface area contributed by atoms with Crippen molar-refractivity contribution in [3.8, 4) is 0 Å². The molecule has 2 heterocycles. The van der Waals surface area contributed by atoms with Crippen LogP contribution in [-0.4, -0.2) is 45.9 Å². The van der Waals surface area contributed by atoms with E-state index < -0.39 is 18.8 Å². The third-order valence-corrected chi connectivity index (χ3v) is 3.13. The smallest absolute Gasteiger partial charge is 0.357 e. The molecular formula is C12H17F3N4O. The lowest BCUT2D eigenvalue weighted by molar-refractivity contribution is -0.142. The number of anilines is 1. The normalized spacial score (nSPS) is 17.3. The van der Waals surface area contributed by atoms with Gasteiger partial charge in [-0.2, -0.15) is 18.3 Å². The van der Waals surface area contributed by atoms with E-state index in [-0.39, 0.29) is 11.7 Å². The Balaban J connectivity index is 1.91. The number of carbonyl (C=O) groups is 1. The maximum atomic E-state index is 12.2. The van der Waals surface area contributed by atoms with Crippen LogP contribution in [0.15, 0.2) is 12.3 Å². The lowest BCUT2D eigenvalue weighted by Crippen LogP contribution is -2.39. The molecule has 8 heteroatoms. The number of rotatable bonds is 4. The van der Waals surface area contributed by atoms with Crippen molar-refractivity contribution in [3.05, 3.63) is 12.3 Å². The van der Waals surface area contributed by atoms with Crippen LogP contribution in [0.25, 0.3) is 0 Å². The first-order chi connectivity index (χ1) is 9.35. The molecular weight excluding hydrogens is 273 g/mol. The van der Waals surface area contributed by atoms with Crippen LogP contribution in [-0.2, 0) is 11.3 Å². The molecule has 0 aromatic carbocycles. The maximum Gasteiger partial charge on any atom is 0.408 e. The van der Waals surface area contributed by atoms with Crippen LogP contribution in [0.1, 0.15) is 19.8 Å². The summed E-state index contributed by atoms with van der Waals surface area (Å²) in [4.78, 5) is 13.8. The van der Waals surface area contributed by atoms with Gasteiger partial charge in [0.15, 0.2) is 0 Å². The standard InChI is InChI=1S/C12H17F3N4O/c1-9(11(20)18-5-2-3-6-18)16-10-4-7-19(17-10)8-12(13,14)15/h4,7,9H,2-3,5-6,8H2,1H3,(H,16,17)/t9-/m0/s1. The summed E-state index contributed by atoms with van der Waals surface area (Å²) < 4.78 is 37.4. The van der Waals surface area contributed by atoms with Crippen molar-refractivity contribution in [2.24, 2.45) is 0 Å². The molecule has 1 amide bonds. The number of amides is 1. The zero-order chi connectivity index (χ0) is 14.8. The molecule has 2 rings (SSSR count). The molecule has 112 valence electrons. The van der Waals surface area contributed by atoms with Gasteiger partial charge in [-0.1, -0.05) is 0 Å². The van der Waals surface area contributed by atoms with Crippen LogP contribution in [0.5, 0.6) is 0 Å². The molecule has 1 fully saturated rings. The molecule has 1 aromatic rings. The van der Waals surface area contributed by atoms with Gasteiger partial charge in [0.2, 0.25) is 5.91 Å². The van der Waals surface area contributed by atoms with Gasteiger partial charge in [0, 0.05) is 25.4 Å². The number of likely N-dealkylation sites (tertiary alicyclic amines) is 1. The SMILES string of the molecule is C[C@H](Nc1ccn(CC(F)(F)F)n1)C(=O)N1CCCC1. The Bertz CT molecular complexity index is 466. The summed E-state index contributed by atoms with van der Waals surface area (Å²) >= 11 is 0. The minimum absolute atomic E-state index is 0.0483. The van der Waals surface area contributed by atoms with Crippen molar-refractivity contribution in [2.75, 3.05) is 18.4 Å². The summed E-state index contributed by atoms with van der Waals surface area (Å²) in [5, 5.41) is 6.59. The van der Waals surface area contributed by atoms with E-state index in [1.165, 1.54) is 12.3 Å². The third-order valence-electron chi connectivity index (χ3n) is 3.13. The van der Waals surface area contributed by atoms with E-state index in [1.54, 1.807) is 11.8 Å². The molecule has 1 aliphatic heterocycles. The molecule has 1 atom stereocenters. The number of alkyl halides is 3. The van der Waals surface area contributed by atoms with Gasteiger partial charge in [0.1, 0.15) is 18.4 Å². The fourth-order valence-corrected chi connectivity index (χ4v) is 2.21. The minimum atomic E-state index is -4.31. The van der Waals surface area contributed by atoms with Crippen LogP contribution < -0.4 is 5.32 Å². The third kappa shape index (κ3) is 3.88. The van der Waals surface area contributed by atoms with Crippen molar-refractivity contribution in [2.45, 2.75) is 38.5 Å². The first kappa shape index (κ1) is 14.7. The first-order valence-corrected chi connectivity index (χ1v) is 6.51. The molecule has 0 saturated carbocycles. The van der Waals surface area contributed by atoms with Gasteiger partial charge in [-0.15, -0.1) is 0 Å². The number of nitrogens with one attached hydrogen (secondary N) is 1. The quantitative estimate of drug-likeness (QED) is 0.921. The van der Waals surface area contributed by atoms with Gasteiger partial charge >= 0.3 is 6.18 Å². The van der Waals surface area contributed by atoms with E-state index >= 15 is 0 Å². The van der Waals surface area contributed by atoms with E-state index in [0.717, 1.165) is 30.6 Å². The Morgan fingerprint density at radius 1 is 1.45 bits per heavy atom. The average Bonchev–Trinajstić information content (AvgIpc) is 2.97. The van der Waals surface area contributed by atoms with E-state index in [2.05, 4.69) is 10.4 Å². The van der Waals surface area contributed by atoms with Gasteiger partial charge in [0.25, 0.3) is 0 Å². The summed E-state index contributed by atoms with van der Waals surface area (Å²) in [5.74, 6) is 0.224. The second kappa shape index (κ2) is 5.72. The number of halogens is 3. The number of carbonyl (C=O) groups excluding carboxylic acids is 1. The summed E-state index contributed by atoms with van der Waals surface area (Å²) in [5.41, 5.74) is 0. The monoisotopic (exact) mass is 290 g/mol. The summed E-state index contributed by atoms with van der Waals surface area (Å²) in [7, 11) is 0. The Labute approximate surface area is 114 Å². The highest BCUT2D eigenvalue weighted by Crippen LogP contribution is 2.18. The van der Waals surface area contributed by atoms with E-state index in [0.29, 0.717) is 0 Å². The lowest BCUT2D eigenvalue weighted by atomic mass is 10.3. The summed E-state index contributed by atoms with van der Waals surface area (Å²) in [6.45, 7) is 2.04. The molecule has 1 aliphatic rings. The number of nitrogens with zero attached hydrogens (tertiary/aromatic N) is 3. The van der Waals surface area contributed by atoms with Gasteiger partial charge in [0.05, 0.1) is 0 Å². The summed E-state index contributed by atoms with van der Waals surface area (Å²) in [6, 6.07) is 0.932. The Kier molecular flexibility index (Phi) is 4.20. The molecule has 20 heavy (non-hydrogen) atoms. The Hall–Kier alpha value is -1.73. The highest BCUT2D eigenvalue weighted by Gasteiger charge is 2.28. The summed E-state index contributed by atoms with van der Waals surface area (Å²) in [6.07, 6.45) is -1.07. The van der Waals surface area contributed by atoms with Gasteiger partial charge in [-0.25, -0.2) is 0 Å². The molecule has 1 N–H and O–H groups in total. The molecule has 5 nitrogen and oxygen atoms in total. The van der Waals surface area contributed by atoms with Crippen molar-refractivity contribution in [3.63, 3.8) is 0 Å². The average molecular weight is 290 g/mol. The van der Waals surface area contributed by atoms with Gasteiger partial charge in [-0.3, -0.25) is 9.48 Å². The number of hydrogen-bond donors (Lipinski definition) is 1. The van der Waals surface area contributed by atoms with Crippen LogP contribution in [0.3, 0.4) is 0 Å². The van der Waals surface area contributed by atoms with Crippen LogP contribution >= 0.6 is 0 Å². The fraction of sp³-hybridized carbons (Fsp3) is 0.667. The first-order valence-electron chi connectivity index (χ1n) is 6.51. The maximum absolute atomic E-state index is 12.2. The molecule has 0 bridgehead atoms. The predicted octanol–water partition coefficient (Wildman–Crippen LogP) is 1.87. The van der Waals surface area contributed by atoms with Crippen molar-refractivity contribution >= 4 is 11.7 Å². The largest absolute Gasteiger partial charge is 0.408 e. The predicted molar refractivity (Wildman–Crippen MR) is 67.2 cm³/mol. The topological polar surface area (TPSA) is 50.2 Å². The zero-order valence-electron chi connectivity index (χ0n) is 11.2. The number of aromatic nitrogens is 2. The molecule has 0 aliphatic carbocycles. The molecule has 1 saturated heterocycles. The highest BCUT2D eigenvalue weighted by atomic mass is 19.4. The number of hydrogen-bond acceptors (Lipinski definition) is 3. The second-order valence-electron chi connectivity index (χ2n) is 4.91. The second-order valence-corrected chi connectivity index (χ2v) is 4.91. The van der Waals surface area contributed by atoms with Crippen LogP contribution in [0.2, 0.25) is 0 Å². The van der Waals surface area contributed by atoms with E-state index in [4.69, 9.17) is 0 Å². The highest BCUT2D eigenvalue weighted by molar-refractivity contribution is 5.84. The van der Waals surface area contributed by atoms with Gasteiger partial charge in [-0.05, 0) is 19.8 Å². The van der Waals surface area contributed by atoms with Crippen molar-refractivity contribution in [1.82, 2.24) is 14.7 Å².